The van der Waals surface area contributed by atoms with E-state index in [1.165, 1.54) is 12.8 Å². The number of carbonyl (C=O) groups excluding carboxylic acids is 2. The minimum absolute atomic E-state index is 0.00983. The summed E-state index contributed by atoms with van der Waals surface area (Å²) in [6.07, 6.45) is 5.11. The molecular weight excluding hydrogens is 254 g/mol. The lowest BCUT2D eigenvalue weighted by molar-refractivity contribution is -0.132. The zero-order valence-corrected chi connectivity index (χ0v) is 12.5. The van der Waals surface area contributed by atoms with E-state index in [-0.39, 0.29) is 18.4 Å². The van der Waals surface area contributed by atoms with Crippen LogP contribution >= 0.6 is 0 Å². The molecule has 0 radical (unpaired) electrons. The first kappa shape index (κ1) is 15.3. The van der Waals surface area contributed by atoms with Crippen LogP contribution in [-0.2, 0) is 9.59 Å². The van der Waals surface area contributed by atoms with E-state index >= 15 is 0 Å². The molecule has 0 spiro atoms. The van der Waals surface area contributed by atoms with E-state index in [1.54, 1.807) is 0 Å². The van der Waals surface area contributed by atoms with Gasteiger partial charge in [-0.3, -0.25) is 9.59 Å². The highest BCUT2D eigenvalue weighted by atomic mass is 16.2. The molecule has 2 amide bonds. The van der Waals surface area contributed by atoms with Crippen LogP contribution in [0.2, 0.25) is 0 Å². The second kappa shape index (κ2) is 7.62. The molecule has 2 fully saturated rings. The highest BCUT2D eigenvalue weighted by molar-refractivity contribution is 5.84. The number of likely N-dealkylation sites (tertiary alicyclic amines) is 1. The van der Waals surface area contributed by atoms with Gasteiger partial charge in [-0.25, -0.2) is 0 Å². The highest BCUT2D eigenvalue weighted by Gasteiger charge is 2.23. The zero-order valence-electron chi connectivity index (χ0n) is 12.5. The molecule has 2 aliphatic rings. The van der Waals surface area contributed by atoms with E-state index in [0.717, 1.165) is 39.0 Å². The summed E-state index contributed by atoms with van der Waals surface area (Å²) in [4.78, 5) is 25.6. The number of nitrogens with one attached hydrogen (secondary N) is 2. The molecule has 0 aromatic heterocycles. The van der Waals surface area contributed by atoms with Crippen LogP contribution in [-0.4, -0.2) is 49.4 Å². The summed E-state index contributed by atoms with van der Waals surface area (Å²) < 4.78 is 0. The Kier molecular flexibility index (Phi) is 5.83. The number of hydrogen-bond donors (Lipinski definition) is 2. The Bertz CT molecular complexity index is 334. The Balaban J connectivity index is 1.65. The molecule has 0 bridgehead atoms. The first-order chi connectivity index (χ1) is 9.66. The fourth-order valence-corrected chi connectivity index (χ4v) is 3.15. The van der Waals surface area contributed by atoms with Crippen molar-refractivity contribution in [1.29, 1.82) is 0 Å². The van der Waals surface area contributed by atoms with E-state index in [2.05, 4.69) is 17.6 Å². The average Bonchev–Trinajstić information content (AvgIpc) is 3.00. The molecule has 2 aliphatic heterocycles. The summed E-state index contributed by atoms with van der Waals surface area (Å²) in [5, 5.41) is 6.16. The largest absolute Gasteiger partial charge is 0.347 e. The van der Waals surface area contributed by atoms with Gasteiger partial charge in [0, 0.05) is 19.5 Å². The van der Waals surface area contributed by atoms with Gasteiger partial charge in [0.05, 0.1) is 6.54 Å². The van der Waals surface area contributed by atoms with Crippen molar-refractivity contribution in [3.05, 3.63) is 0 Å². The molecular formula is C15H27N3O2. The molecule has 2 N–H and O–H groups in total. The summed E-state index contributed by atoms with van der Waals surface area (Å²) in [6, 6.07) is 0. The molecule has 5 nitrogen and oxygen atoms in total. The molecule has 2 atom stereocenters. The molecule has 0 aliphatic carbocycles. The lowest BCUT2D eigenvalue weighted by Gasteiger charge is -2.28. The topological polar surface area (TPSA) is 61.4 Å². The van der Waals surface area contributed by atoms with Gasteiger partial charge in [0.1, 0.15) is 0 Å². The average molecular weight is 281 g/mol. The van der Waals surface area contributed by atoms with E-state index < -0.39 is 0 Å². The third-order valence-corrected chi connectivity index (χ3v) is 4.54. The van der Waals surface area contributed by atoms with Gasteiger partial charge in [-0.05, 0) is 50.6 Å². The number of hydrogen-bond acceptors (Lipinski definition) is 3. The Morgan fingerprint density at radius 3 is 2.70 bits per heavy atom. The summed E-state index contributed by atoms with van der Waals surface area (Å²) in [5.74, 6) is 1.03. The zero-order chi connectivity index (χ0) is 14.4. The van der Waals surface area contributed by atoms with Crippen LogP contribution in [0.1, 0.15) is 39.0 Å². The van der Waals surface area contributed by atoms with Crippen molar-refractivity contribution < 1.29 is 9.59 Å². The number of piperidine rings is 1. The van der Waals surface area contributed by atoms with Crippen molar-refractivity contribution in [2.45, 2.75) is 39.0 Å². The predicted octanol–water partition coefficient (Wildman–Crippen LogP) is 0.751. The van der Waals surface area contributed by atoms with Crippen molar-refractivity contribution in [2.75, 3.05) is 32.7 Å². The SMILES string of the molecule is CC(CC(=O)NCC(=O)N1CCCC1)C1CCCNC1. The second-order valence-electron chi connectivity index (χ2n) is 6.15. The van der Waals surface area contributed by atoms with Gasteiger partial charge in [0.2, 0.25) is 11.8 Å². The Hall–Kier alpha value is -1.10. The van der Waals surface area contributed by atoms with E-state index in [1.807, 2.05) is 4.90 Å². The Morgan fingerprint density at radius 1 is 1.30 bits per heavy atom. The maximum Gasteiger partial charge on any atom is 0.241 e. The third-order valence-electron chi connectivity index (χ3n) is 4.54. The first-order valence-corrected chi connectivity index (χ1v) is 7.92. The van der Waals surface area contributed by atoms with Crippen molar-refractivity contribution in [3.63, 3.8) is 0 Å². The van der Waals surface area contributed by atoms with Crippen molar-refractivity contribution >= 4 is 11.8 Å². The first-order valence-electron chi connectivity index (χ1n) is 7.92. The van der Waals surface area contributed by atoms with Crippen molar-refractivity contribution in [3.8, 4) is 0 Å². The molecule has 20 heavy (non-hydrogen) atoms. The van der Waals surface area contributed by atoms with Gasteiger partial charge >= 0.3 is 0 Å². The maximum atomic E-state index is 11.9. The normalized spacial score (nSPS) is 24.4. The van der Waals surface area contributed by atoms with Crippen LogP contribution in [0.4, 0.5) is 0 Å². The molecule has 2 saturated heterocycles. The fraction of sp³-hybridized carbons (Fsp3) is 0.867. The molecule has 5 heteroatoms. The van der Waals surface area contributed by atoms with Gasteiger partial charge in [0.25, 0.3) is 0 Å². The van der Waals surface area contributed by atoms with Crippen LogP contribution in [0.3, 0.4) is 0 Å². The second-order valence-corrected chi connectivity index (χ2v) is 6.15. The van der Waals surface area contributed by atoms with E-state index in [4.69, 9.17) is 0 Å². The lowest BCUT2D eigenvalue weighted by atomic mass is 9.85. The molecule has 0 aromatic carbocycles. The minimum Gasteiger partial charge on any atom is -0.347 e. The minimum atomic E-state index is 0.00983. The summed E-state index contributed by atoms with van der Waals surface area (Å²) in [5.41, 5.74) is 0. The molecule has 114 valence electrons. The predicted molar refractivity (Wildman–Crippen MR) is 78.2 cm³/mol. The third kappa shape index (κ3) is 4.47. The molecule has 0 aromatic rings. The van der Waals surface area contributed by atoms with Crippen LogP contribution in [0.25, 0.3) is 0 Å². The summed E-state index contributed by atoms with van der Waals surface area (Å²) in [7, 11) is 0. The summed E-state index contributed by atoms with van der Waals surface area (Å²) >= 11 is 0. The molecule has 2 heterocycles. The van der Waals surface area contributed by atoms with Gasteiger partial charge in [-0.1, -0.05) is 6.92 Å². The van der Waals surface area contributed by atoms with Crippen LogP contribution in [0.15, 0.2) is 0 Å². The van der Waals surface area contributed by atoms with Gasteiger partial charge in [0.15, 0.2) is 0 Å². The highest BCUT2D eigenvalue weighted by Crippen LogP contribution is 2.22. The Labute approximate surface area is 121 Å². The van der Waals surface area contributed by atoms with Crippen molar-refractivity contribution in [1.82, 2.24) is 15.5 Å². The van der Waals surface area contributed by atoms with Gasteiger partial charge < -0.3 is 15.5 Å². The van der Waals surface area contributed by atoms with Crippen LogP contribution < -0.4 is 10.6 Å². The smallest absolute Gasteiger partial charge is 0.241 e. The van der Waals surface area contributed by atoms with Gasteiger partial charge in [-0.15, -0.1) is 0 Å². The Morgan fingerprint density at radius 2 is 2.05 bits per heavy atom. The van der Waals surface area contributed by atoms with Gasteiger partial charge in [-0.2, -0.15) is 0 Å². The monoisotopic (exact) mass is 281 g/mol. The van der Waals surface area contributed by atoms with E-state index in [9.17, 15) is 9.59 Å². The standard InChI is InChI=1S/C15H27N3O2/c1-12(13-5-4-6-16-10-13)9-14(19)17-11-15(20)18-7-2-3-8-18/h12-13,16H,2-11H2,1H3,(H,17,19). The number of rotatable bonds is 5. The lowest BCUT2D eigenvalue weighted by Crippen LogP contribution is -2.40. The number of amides is 2. The quantitative estimate of drug-likeness (QED) is 0.782. The number of carbonyl (C=O) groups is 2. The molecule has 0 saturated carbocycles. The number of nitrogens with zero attached hydrogens (tertiary/aromatic N) is 1. The van der Waals surface area contributed by atoms with E-state index in [0.29, 0.717) is 18.3 Å². The summed E-state index contributed by atoms with van der Waals surface area (Å²) in [6.45, 7) is 6.10. The van der Waals surface area contributed by atoms with Crippen LogP contribution in [0.5, 0.6) is 0 Å². The fourth-order valence-electron chi connectivity index (χ4n) is 3.15. The van der Waals surface area contributed by atoms with Crippen LogP contribution in [0, 0.1) is 11.8 Å². The molecule has 2 rings (SSSR count). The molecule has 2 unspecified atom stereocenters. The maximum absolute atomic E-state index is 11.9. The van der Waals surface area contributed by atoms with Crippen molar-refractivity contribution in [2.24, 2.45) is 11.8 Å².